The van der Waals surface area contributed by atoms with Gasteiger partial charge in [0.2, 0.25) is 0 Å². The van der Waals surface area contributed by atoms with Crippen LogP contribution in [0.25, 0.3) is 111 Å². The lowest BCUT2D eigenvalue weighted by Crippen LogP contribution is -2.10. The van der Waals surface area contributed by atoms with E-state index in [9.17, 15) is 0 Å². The second kappa shape index (κ2) is 19.5. The third-order valence-electron chi connectivity index (χ3n) is 14.7. The molecule has 12 aromatic carbocycles. The van der Waals surface area contributed by atoms with Gasteiger partial charge in [-0.05, 0) is 118 Å². The molecule has 0 spiro atoms. The Kier molecular flexibility index (Phi) is 11.5. The predicted octanol–water partition coefficient (Wildman–Crippen LogP) is 19.0. The summed E-state index contributed by atoms with van der Waals surface area (Å²) in [7, 11) is 0. The number of fused-ring (bicyclic) bond motifs is 3. The number of hydrogen-bond acceptors (Lipinski definition) is 3. The average molecular weight is 984 g/mol. The number of benzene rings is 12. The van der Waals surface area contributed by atoms with Gasteiger partial charge in [-0.15, -0.1) is 0 Å². The fraction of sp³-hybridized carbons (Fsp3) is 0. The Morgan fingerprint density at radius 3 is 1.13 bits per heavy atom. The first-order valence-corrected chi connectivity index (χ1v) is 26.1. The van der Waals surface area contributed by atoms with Gasteiger partial charge in [-0.3, -0.25) is 9.13 Å². The maximum Gasteiger partial charge on any atom is 0.145 e. The van der Waals surface area contributed by atoms with E-state index in [1.165, 1.54) is 10.8 Å². The fourth-order valence-electron chi connectivity index (χ4n) is 11.1. The Bertz CT molecular complexity index is 4160. The molecule has 0 aliphatic rings. The van der Waals surface area contributed by atoms with E-state index in [-0.39, 0.29) is 0 Å². The molecule has 0 fully saturated rings. The minimum Gasteiger partial charge on any atom is -0.310 e. The van der Waals surface area contributed by atoms with Crippen molar-refractivity contribution in [3.8, 4) is 78.7 Å². The molecule has 0 amide bonds. The van der Waals surface area contributed by atoms with Crippen LogP contribution in [0.5, 0.6) is 0 Å². The third kappa shape index (κ3) is 8.33. The van der Waals surface area contributed by atoms with Crippen LogP contribution < -0.4 is 4.90 Å². The van der Waals surface area contributed by atoms with Crippen molar-refractivity contribution in [2.45, 2.75) is 0 Å². The topological polar surface area (TPSA) is 38.9 Å². The van der Waals surface area contributed by atoms with Crippen molar-refractivity contribution in [1.82, 2.24) is 19.1 Å². The zero-order chi connectivity index (χ0) is 51.1. The average Bonchev–Trinajstić information content (AvgIpc) is 4.19. The molecule has 0 atom stereocenters. The van der Waals surface area contributed by atoms with Crippen molar-refractivity contribution in [1.29, 1.82) is 0 Å². The summed E-state index contributed by atoms with van der Waals surface area (Å²) < 4.78 is 4.55. The zero-order valence-corrected chi connectivity index (χ0v) is 42.0. The number of nitrogens with zero attached hydrogens (tertiary/aromatic N) is 5. The second-order valence-corrected chi connectivity index (χ2v) is 19.4. The zero-order valence-electron chi connectivity index (χ0n) is 42.0. The summed E-state index contributed by atoms with van der Waals surface area (Å²) in [5.41, 5.74) is 20.6. The highest BCUT2D eigenvalue weighted by atomic mass is 15.1. The molecule has 14 aromatic rings. The summed E-state index contributed by atoms with van der Waals surface area (Å²) in [4.78, 5) is 13.1. The lowest BCUT2D eigenvalue weighted by atomic mass is 9.97. The van der Waals surface area contributed by atoms with E-state index < -0.39 is 0 Å². The number of anilines is 3. The summed E-state index contributed by atoms with van der Waals surface area (Å²) in [6, 6.07) is 106. The number of imidazole rings is 2. The summed E-state index contributed by atoms with van der Waals surface area (Å²) in [6.07, 6.45) is 0. The molecular formula is C72H49N5. The minimum absolute atomic E-state index is 0.918. The van der Waals surface area contributed by atoms with Crippen LogP contribution in [0.15, 0.2) is 297 Å². The van der Waals surface area contributed by atoms with Gasteiger partial charge >= 0.3 is 0 Å². The van der Waals surface area contributed by atoms with Crippen LogP contribution in [0.1, 0.15) is 0 Å². The molecule has 0 unspecified atom stereocenters. The smallest absolute Gasteiger partial charge is 0.145 e. The van der Waals surface area contributed by atoms with E-state index in [4.69, 9.17) is 9.97 Å². The number of para-hydroxylation sites is 4. The van der Waals surface area contributed by atoms with Crippen molar-refractivity contribution in [2.75, 3.05) is 4.90 Å². The summed E-state index contributed by atoms with van der Waals surface area (Å²) in [5.74, 6) is 1.84. The van der Waals surface area contributed by atoms with Gasteiger partial charge in [0.15, 0.2) is 0 Å². The van der Waals surface area contributed by atoms with E-state index >= 15 is 0 Å². The summed E-state index contributed by atoms with van der Waals surface area (Å²) >= 11 is 0. The van der Waals surface area contributed by atoms with Gasteiger partial charge in [0.1, 0.15) is 11.6 Å². The predicted molar refractivity (Wildman–Crippen MR) is 321 cm³/mol. The number of aromatic nitrogens is 4. The third-order valence-corrected chi connectivity index (χ3v) is 14.7. The van der Waals surface area contributed by atoms with Crippen LogP contribution >= 0.6 is 0 Å². The lowest BCUT2D eigenvalue weighted by molar-refractivity contribution is 1.10. The molecule has 14 rings (SSSR count). The first-order chi connectivity index (χ1) is 38.2. The van der Waals surface area contributed by atoms with E-state index in [1.807, 2.05) is 0 Å². The molecule has 0 N–H and O–H groups in total. The summed E-state index contributed by atoms with van der Waals surface area (Å²) in [6.45, 7) is 0. The standard InChI is InChI=1S/C72H49N5/c1-5-21-53(22-6-1)71-73-69-64(35-18-38-67(69)76(71)59-30-9-3-10-31-59)57-28-15-26-55(48-57)50-40-44-61(45-41-50)75(66-37-17-25-52-20-13-14-34-63(52)66)62-46-42-51(43-47-62)56-27-16-29-58(49-56)65-36-19-39-68-70(65)74-72(54-23-7-2-8-24-54)77(68)60-32-11-4-12-33-60/h1-49H. The minimum atomic E-state index is 0.918. The van der Waals surface area contributed by atoms with Crippen LogP contribution in [0.4, 0.5) is 17.1 Å². The Balaban J connectivity index is 0.810. The summed E-state index contributed by atoms with van der Waals surface area (Å²) in [5, 5.41) is 2.37. The Morgan fingerprint density at radius 2 is 0.649 bits per heavy atom. The molecule has 77 heavy (non-hydrogen) atoms. The molecule has 0 radical (unpaired) electrons. The fourth-order valence-corrected chi connectivity index (χ4v) is 11.1. The second-order valence-electron chi connectivity index (χ2n) is 19.4. The van der Waals surface area contributed by atoms with Gasteiger partial charge in [-0.2, -0.15) is 0 Å². The molecule has 0 aliphatic carbocycles. The van der Waals surface area contributed by atoms with Crippen LogP contribution in [0.3, 0.4) is 0 Å². The Morgan fingerprint density at radius 1 is 0.273 bits per heavy atom. The van der Waals surface area contributed by atoms with Crippen molar-refractivity contribution in [3.63, 3.8) is 0 Å². The van der Waals surface area contributed by atoms with Gasteiger partial charge in [-0.1, -0.05) is 218 Å². The molecule has 5 heteroatoms. The van der Waals surface area contributed by atoms with Gasteiger partial charge in [0, 0.05) is 50.4 Å². The largest absolute Gasteiger partial charge is 0.310 e. The highest BCUT2D eigenvalue weighted by Crippen LogP contribution is 2.42. The van der Waals surface area contributed by atoms with Gasteiger partial charge in [-0.25, -0.2) is 9.97 Å². The van der Waals surface area contributed by atoms with Gasteiger partial charge in [0.05, 0.1) is 27.8 Å². The van der Waals surface area contributed by atoms with Gasteiger partial charge < -0.3 is 4.90 Å². The van der Waals surface area contributed by atoms with Crippen molar-refractivity contribution < 1.29 is 0 Å². The first-order valence-electron chi connectivity index (χ1n) is 26.1. The first kappa shape index (κ1) is 45.3. The van der Waals surface area contributed by atoms with Crippen molar-refractivity contribution >= 4 is 49.9 Å². The highest BCUT2D eigenvalue weighted by Gasteiger charge is 2.21. The number of rotatable bonds is 11. The molecule has 0 saturated carbocycles. The Labute approximate surface area is 447 Å². The van der Waals surface area contributed by atoms with Crippen LogP contribution in [-0.4, -0.2) is 19.1 Å². The molecule has 0 aliphatic heterocycles. The van der Waals surface area contributed by atoms with Crippen LogP contribution in [-0.2, 0) is 0 Å². The van der Waals surface area contributed by atoms with E-state index in [0.717, 1.165) is 118 Å². The van der Waals surface area contributed by atoms with E-state index in [2.05, 4.69) is 311 Å². The van der Waals surface area contributed by atoms with Gasteiger partial charge in [0.25, 0.3) is 0 Å². The van der Waals surface area contributed by atoms with Crippen molar-refractivity contribution in [3.05, 3.63) is 297 Å². The highest BCUT2D eigenvalue weighted by molar-refractivity contribution is 6.00. The molecular weight excluding hydrogens is 935 g/mol. The molecule has 0 bridgehead atoms. The molecule has 0 saturated heterocycles. The van der Waals surface area contributed by atoms with Crippen LogP contribution in [0, 0.1) is 0 Å². The Hall–Kier alpha value is -10.4. The number of hydrogen-bond donors (Lipinski definition) is 0. The molecule has 2 heterocycles. The van der Waals surface area contributed by atoms with E-state index in [1.54, 1.807) is 0 Å². The quantitative estimate of drug-likeness (QED) is 0.130. The maximum absolute atomic E-state index is 5.37. The molecule has 362 valence electrons. The normalized spacial score (nSPS) is 11.4. The monoisotopic (exact) mass is 983 g/mol. The lowest BCUT2D eigenvalue weighted by Gasteiger charge is -2.27. The SMILES string of the molecule is c1ccc(-c2nc3c(-c4cccc(-c5ccc(N(c6ccc(-c7cccc(-c8cccc9c8nc(-c8ccccc8)n9-c8ccccc8)c7)cc6)c6cccc7ccccc67)cc5)c4)cccc3n2-c2ccccc2)cc1. The van der Waals surface area contributed by atoms with Crippen LogP contribution in [0.2, 0.25) is 0 Å². The maximum atomic E-state index is 5.37. The molecule has 2 aromatic heterocycles. The molecule has 5 nitrogen and oxygen atoms in total. The van der Waals surface area contributed by atoms with Crippen molar-refractivity contribution in [2.24, 2.45) is 0 Å². The van der Waals surface area contributed by atoms with E-state index in [0.29, 0.717) is 0 Å².